The normalized spacial score (nSPS) is 11.2. The zero-order valence-electron chi connectivity index (χ0n) is 18.5. The van der Waals surface area contributed by atoms with Crippen LogP contribution in [0.2, 0.25) is 0 Å². The molecule has 0 atom stereocenters. The number of rotatable bonds is 9. The summed E-state index contributed by atoms with van der Waals surface area (Å²) < 4.78 is 1.96. The van der Waals surface area contributed by atoms with E-state index in [4.69, 9.17) is 0 Å². The number of nitrogens with zero attached hydrogens (tertiary/aromatic N) is 4. The average Bonchev–Trinajstić information content (AvgIpc) is 3.15. The fraction of sp³-hybridized carbons (Fsp3) is 0.333. The first kappa shape index (κ1) is 22.7. The molecule has 0 unspecified atom stereocenters. The van der Waals surface area contributed by atoms with Crippen molar-refractivity contribution >= 4 is 23.4 Å². The fourth-order valence-corrected chi connectivity index (χ4v) is 4.15. The van der Waals surface area contributed by atoms with Crippen LogP contribution in [0.1, 0.15) is 50.7 Å². The van der Waals surface area contributed by atoms with Crippen molar-refractivity contribution in [3.05, 3.63) is 66.5 Å². The third kappa shape index (κ3) is 5.41. The summed E-state index contributed by atoms with van der Waals surface area (Å²) in [6.07, 6.45) is 5.24. The molecule has 3 aromatic rings. The molecule has 2 aromatic heterocycles. The lowest BCUT2D eigenvalue weighted by Gasteiger charge is -2.20. The number of thioether (sulfide) groups is 1. The van der Waals surface area contributed by atoms with Gasteiger partial charge in [-0.2, -0.15) is 0 Å². The van der Waals surface area contributed by atoms with Gasteiger partial charge in [-0.3, -0.25) is 14.3 Å². The van der Waals surface area contributed by atoms with E-state index < -0.39 is 0 Å². The lowest BCUT2D eigenvalue weighted by molar-refractivity contribution is -0.113. The molecular formula is C24H29N5OS. The van der Waals surface area contributed by atoms with Crippen LogP contribution in [0.25, 0.3) is 11.4 Å². The van der Waals surface area contributed by atoms with Gasteiger partial charge in [-0.05, 0) is 35.1 Å². The SMILES string of the molecule is C=CCn1c(SCC(=O)Nc2c(C(C)C)cccc2C(C)C)nnc1-c1ccncc1. The van der Waals surface area contributed by atoms with Crippen molar-refractivity contribution < 1.29 is 4.79 Å². The van der Waals surface area contributed by atoms with Crippen LogP contribution in [0, 0.1) is 0 Å². The number of anilines is 1. The Balaban J connectivity index is 1.78. The van der Waals surface area contributed by atoms with Gasteiger partial charge in [0.25, 0.3) is 0 Å². The Morgan fingerprint density at radius 3 is 2.32 bits per heavy atom. The molecule has 1 amide bonds. The van der Waals surface area contributed by atoms with Gasteiger partial charge in [-0.25, -0.2) is 0 Å². The summed E-state index contributed by atoms with van der Waals surface area (Å²) in [5.41, 5.74) is 4.16. The van der Waals surface area contributed by atoms with Crippen molar-refractivity contribution in [1.29, 1.82) is 0 Å². The van der Waals surface area contributed by atoms with Crippen LogP contribution < -0.4 is 5.32 Å². The molecule has 3 rings (SSSR count). The van der Waals surface area contributed by atoms with Gasteiger partial charge in [-0.15, -0.1) is 16.8 Å². The van der Waals surface area contributed by atoms with Gasteiger partial charge in [0, 0.05) is 30.2 Å². The minimum atomic E-state index is -0.0568. The summed E-state index contributed by atoms with van der Waals surface area (Å²) in [7, 11) is 0. The van der Waals surface area contributed by atoms with E-state index in [0.717, 1.165) is 28.2 Å². The molecular weight excluding hydrogens is 406 g/mol. The Kier molecular flexibility index (Phi) is 7.63. The molecule has 0 aliphatic rings. The number of carbonyl (C=O) groups is 1. The molecule has 0 bridgehead atoms. The van der Waals surface area contributed by atoms with Crippen LogP contribution in [-0.2, 0) is 11.3 Å². The summed E-state index contributed by atoms with van der Waals surface area (Å²) in [5, 5.41) is 12.5. The molecule has 2 heterocycles. The van der Waals surface area contributed by atoms with Gasteiger partial charge in [0.05, 0.1) is 5.75 Å². The van der Waals surface area contributed by atoms with E-state index in [1.54, 1.807) is 18.5 Å². The molecule has 0 saturated heterocycles. The van der Waals surface area contributed by atoms with E-state index in [1.165, 1.54) is 11.8 Å². The summed E-state index contributed by atoms with van der Waals surface area (Å²) in [4.78, 5) is 16.9. The summed E-state index contributed by atoms with van der Waals surface area (Å²) in [5.74, 6) is 1.56. The first-order valence-corrected chi connectivity index (χ1v) is 11.4. The van der Waals surface area contributed by atoms with Gasteiger partial charge >= 0.3 is 0 Å². The number of benzene rings is 1. The largest absolute Gasteiger partial charge is 0.325 e. The minimum Gasteiger partial charge on any atom is -0.325 e. The van der Waals surface area contributed by atoms with E-state index in [9.17, 15) is 4.79 Å². The van der Waals surface area contributed by atoms with E-state index >= 15 is 0 Å². The number of carbonyl (C=O) groups excluding carboxylic acids is 1. The number of hydrogen-bond acceptors (Lipinski definition) is 5. The van der Waals surface area contributed by atoms with E-state index in [0.29, 0.717) is 23.5 Å². The molecule has 0 radical (unpaired) electrons. The van der Waals surface area contributed by atoms with Crippen LogP contribution >= 0.6 is 11.8 Å². The number of allylic oxidation sites excluding steroid dienone is 1. The molecule has 0 aliphatic carbocycles. The van der Waals surface area contributed by atoms with Crippen LogP contribution in [0.4, 0.5) is 5.69 Å². The van der Waals surface area contributed by atoms with E-state index in [2.05, 4.69) is 73.0 Å². The predicted molar refractivity (Wildman–Crippen MR) is 127 cm³/mol. The van der Waals surface area contributed by atoms with Crippen LogP contribution in [0.5, 0.6) is 0 Å². The van der Waals surface area contributed by atoms with Crippen molar-refractivity contribution in [1.82, 2.24) is 19.7 Å². The molecule has 0 aliphatic heterocycles. The van der Waals surface area contributed by atoms with E-state index in [-0.39, 0.29) is 11.7 Å². The van der Waals surface area contributed by atoms with Crippen molar-refractivity contribution in [3.63, 3.8) is 0 Å². The monoisotopic (exact) mass is 435 g/mol. The molecule has 1 aromatic carbocycles. The third-order valence-electron chi connectivity index (χ3n) is 4.94. The smallest absolute Gasteiger partial charge is 0.234 e. The highest BCUT2D eigenvalue weighted by molar-refractivity contribution is 7.99. The minimum absolute atomic E-state index is 0.0568. The number of para-hydroxylation sites is 1. The standard InChI is InChI=1S/C24H29N5OS/c1-6-14-29-23(18-10-12-25-13-11-18)27-28-24(29)31-15-21(30)26-22-19(16(2)3)8-7-9-20(22)17(4)5/h6-13,16-17H,1,14-15H2,2-5H3,(H,26,30). The zero-order chi connectivity index (χ0) is 22.4. The van der Waals surface area contributed by atoms with Gasteiger partial charge in [-0.1, -0.05) is 63.7 Å². The van der Waals surface area contributed by atoms with Crippen LogP contribution in [-0.4, -0.2) is 31.4 Å². The second-order valence-electron chi connectivity index (χ2n) is 7.90. The van der Waals surface area contributed by atoms with Crippen molar-refractivity contribution in [2.24, 2.45) is 0 Å². The highest BCUT2D eigenvalue weighted by Gasteiger charge is 2.18. The highest BCUT2D eigenvalue weighted by atomic mass is 32.2. The maximum atomic E-state index is 12.9. The first-order valence-electron chi connectivity index (χ1n) is 10.4. The number of amides is 1. The second-order valence-corrected chi connectivity index (χ2v) is 8.84. The molecule has 0 saturated carbocycles. The number of aromatic nitrogens is 4. The highest BCUT2D eigenvalue weighted by Crippen LogP contribution is 2.32. The maximum absolute atomic E-state index is 12.9. The Hall–Kier alpha value is -2.93. The summed E-state index contributed by atoms with van der Waals surface area (Å²) >= 11 is 1.37. The molecule has 7 heteroatoms. The number of hydrogen-bond donors (Lipinski definition) is 1. The van der Waals surface area contributed by atoms with Gasteiger partial charge < -0.3 is 5.32 Å². The van der Waals surface area contributed by atoms with Gasteiger partial charge in [0.15, 0.2) is 11.0 Å². The maximum Gasteiger partial charge on any atom is 0.234 e. The predicted octanol–water partition coefficient (Wildman–Crippen LogP) is 5.50. The lowest BCUT2D eigenvalue weighted by atomic mass is 9.92. The van der Waals surface area contributed by atoms with Crippen molar-refractivity contribution in [2.75, 3.05) is 11.1 Å². The zero-order valence-corrected chi connectivity index (χ0v) is 19.3. The topological polar surface area (TPSA) is 72.7 Å². The molecule has 1 N–H and O–H groups in total. The van der Waals surface area contributed by atoms with Crippen molar-refractivity contribution in [2.45, 2.75) is 51.2 Å². The Labute approximate surface area is 188 Å². The summed E-state index contributed by atoms with van der Waals surface area (Å²) in [6, 6.07) is 10.0. The van der Waals surface area contributed by atoms with Crippen LogP contribution in [0.15, 0.2) is 60.5 Å². The van der Waals surface area contributed by atoms with E-state index in [1.807, 2.05) is 16.7 Å². The quantitative estimate of drug-likeness (QED) is 0.355. The molecule has 6 nitrogen and oxygen atoms in total. The Morgan fingerprint density at radius 1 is 1.10 bits per heavy atom. The molecule has 0 spiro atoms. The van der Waals surface area contributed by atoms with Crippen LogP contribution in [0.3, 0.4) is 0 Å². The average molecular weight is 436 g/mol. The first-order chi connectivity index (χ1) is 14.9. The third-order valence-corrected chi connectivity index (χ3v) is 5.90. The molecule has 162 valence electrons. The fourth-order valence-electron chi connectivity index (χ4n) is 3.40. The Morgan fingerprint density at radius 2 is 1.74 bits per heavy atom. The molecule has 0 fully saturated rings. The van der Waals surface area contributed by atoms with Gasteiger partial charge in [0.2, 0.25) is 5.91 Å². The Bertz CT molecular complexity index is 1020. The van der Waals surface area contributed by atoms with Gasteiger partial charge in [0.1, 0.15) is 0 Å². The van der Waals surface area contributed by atoms with Crippen molar-refractivity contribution in [3.8, 4) is 11.4 Å². The lowest BCUT2D eigenvalue weighted by Crippen LogP contribution is -2.18. The second kappa shape index (κ2) is 10.4. The summed E-state index contributed by atoms with van der Waals surface area (Å²) in [6.45, 7) is 13.0. The number of nitrogens with one attached hydrogen (secondary N) is 1. The number of pyridine rings is 1. The molecule has 31 heavy (non-hydrogen) atoms.